The fourth-order valence-corrected chi connectivity index (χ4v) is 7.34. The molecule has 0 aliphatic rings. The van der Waals surface area contributed by atoms with Crippen LogP contribution in [0.3, 0.4) is 0 Å². The lowest BCUT2D eigenvalue weighted by Gasteiger charge is -2.14. The van der Waals surface area contributed by atoms with Crippen molar-refractivity contribution in [2.75, 3.05) is 0 Å². The van der Waals surface area contributed by atoms with Gasteiger partial charge in [0.15, 0.2) is 17.5 Å². The van der Waals surface area contributed by atoms with Gasteiger partial charge in [-0.3, -0.25) is 0 Å². The predicted octanol–water partition coefficient (Wildman–Crippen LogP) is 13.7. The monoisotopic (exact) mass is 721 g/mol. The summed E-state index contributed by atoms with van der Waals surface area (Å²) in [5, 5.41) is 1.78. The molecule has 0 unspecified atom stereocenters. The molecule has 0 bridgehead atoms. The molecule has 10 aromatic rings. The first-order chi connectivity index (χ1) is 29.3. The van der Waals surface area contributed by atoms with Crippen LogP contribution in [0.1, 0.15) is 11.0 Å². The molecule has 0 spiro atoms. The summed E-state index contributed by atoms with van der Waals surface area (Å²) in [4.78, 5) is 15.2. The summed E-state index contributed by atoms with van der Waals surface area (Å²) in [7, 11) is 0. The summed E-state index contributed by atoms with van der Waals surface area (Å²) >= 11 is 0. The molecule has 0 aliphatic carbocycles. The van der Waals surface area contributed by atoms with Crippen LogP contribution in [-0.2, 0) is 0 Å². The summed E-state index contributed by atoms with van der Waals surface area (Å²) in [5.74, 6) is 1.65. The van der Waals surface area contributed by atoms with E-state index >= 15 is 0 Å². The quantitative estimate of drug-likeness (QED) is 0.164. The molecule has 0 N–H and O–H groups in total. The van der Waals surface area contributed by atoms with Gasteiger partial charge >= 0.3 is 0 Å². The summed E-state index contributed by atoms with van der Waals surface area (Å²) < 4.78 is 41.5. The minimum atomic E-state index is -0.0618. The molecule has 2 aromatic heterocycles. The van der Waals surface area contributed by atoms with Gasteiger partial charge in [0.05, 0.1) is 5.48 Å². The zero-order valence-electron chi connectivity index (χ0n) is 34.4. The second kappa shape index (κ2) is 14.1. The van der Waals surface area contributed by atoms with Crippen LogP contribution in [0.5, 0.6) is 0 Å². The lowest BCUT2D eigenvalue weighted by atomic mass is 9.90. The van der Waals surface area contributed by atoms with Crippen molar-refractivity contribution in [3.63, 3.8) is 0 Å². The van der Waals surface area contributed by atoms with Crippen molar-refractivity contribution in [3.05, 3.63) is 200 Å². The Labute approximate surface area is 331 Å². The van der Waals surface area contributed by atoms with Gasteiger partial charge in [-0.05, 0) is 58.0 Å². The SMILES string of the molecule is [2H]c1c([2H])c(-c2ccc(-c3cccc4c3oc3cccc(-c5nc(-c6ccccc6)nc(-c6ccc(-c7ccccc7)cc6)n5)c34)c(-c3ccccc3)c2)c([2H])c([2H])c1C. The largest absolute Gasteiger partial charge is 0.455 e. The first-order valence-electron chi connectivity index (χ1n) is 20.5. The standard InChI is InChI=1S/C52H35N3O/c1-34-23-25-37(26-24-34)41-31-32-42(46(33-41)38-15-7-3-8-16-38)43-19-11-20-44-48-45(21-12-22-47(48)56-49(43)44)52-54-50(39-17-9-4-10-18-39)53-51(55-52)40-29-27-36(28-30-40)35-13-5-2-6-14-35/h2-33H,1H3/i23D,24D,25D,26D. The number of aromatic nitrogens is 3. The number of furan rings is 1. The first-order valence-corrected chi connectivity index (χ1v) is 18.5. The zero-order chi connectivity index (χ0) is 40.9. The molecule has 0 atom stereocenters. The van der Waals surface area contributed by atoms with E-state index in [1.54, 1.807) is 6.92 Å². The molecule has 4 heteroatoms. The maximum absolute atomic E-state index is 8.81. The van der Waals surface area contributed by atoms with Crippen molar-refractivity contribution < 1.29 is 9.90 Å². The van der Waals surface area contributed by atoms with Crippen LogP contribution in [0.4, 0.5) is 0 Å². The molecule has 10 rings (SSSR count). The summed E-state index contributed by atoms with van der Waals surface area (Å²) in [5.41, 5.74) is 10.9. The maximum atomic E-state index is 8.81. The molecule has 0 radical (unpaired) electrons. The van der Waals surface area contributed by atoms with Gasteiger partial charge in [0.25, 0.3) is 0 Å². The van der Waals surface area contributed by atoms with Crippen molar-refractivity contribution in [1.82, 2.24) is 15.0 Å². The lowest BCUT2D eigenvalue weighted by molar-refractivity contribution is 0.670. The molecule has 4 nitrogen and oxygen atoms in total. The van der Waals surface area contributed by atoms with Crippen LogP contribution in [0.2, 0.25) is 0 Å². The topological polar surface area (TPSA) is 51.8 Å². The second-order valence-electron chi connectivity index (χ2n) is 13.7. The van der Waals surface area contributed by atoms with Crippen LogP contribution < -0.4 is 0 Å². The molecule has 0 saturated carbocycles. The highest BCUT2D eigenvalue weighted by molar-refractivity contribution is 6.15. The Morgan fingerprint density at radius 1 is 0.393 bits per heavy atom. The van der Waals surface area contributed by atoms with Crippen LogP contribution >= 0.6 is 0 Å². The highest BCUT2D eigenvalue weighted by Gasteiger charge is 2.21. The van der Waals surface area contributed by atoms with E-state index in [9.17, 15) is 0 Å². The third-order valence-electron chi connectivity index (χ3n) is 10.1. The minimum absolute atomic E-state index is 0.0404. The van der Waals surface area contributed by atoms with Gasteiger partial charge in [-0.15, -0.1) is 0 Å². The van der Waals surface area contributed by atoms with Gasteiger partial charge in [-0.1, -0.05) is 187 Å². The van der Waals surface area contributed by atoms with Gasteiger partial charge in [0.2, 0.25) is 0 Å². The van der Waals surface area contributed by atoms with Crippen molar-refractivity contribution in [2.45, 2.75) is 6.92 Å². The summed E-state index contributed by atoms with van der Waals surface area (Å²) in [6.45, 7) is 1.62. The lowest BCUT2D eigenvalue weighted by Crippen LogP contribution is -2.00. The number of fused-ring (bicyclic) bond motifs is 3. The molecule has 2 heterocycles. The molecule has 56 heavy (non-hydrogen) atoms. The van der Waals surface area contributed by atoms with Crippen molar-refractivity contribution in [2.24, 2.45) is 0 Å². The molecule has 0 fully saturated rings. The second-order valence-corrected chi connectivity index (χ2v) is 13.7. The number of rotatable bonds is 7. The van der Waals surface area contributed by atoms with E-state index in [4.69, 9.17) is 24.9 Å². The average Bonchev–Trinajstić information content (AvgIpc) is 3.70. The fourth-order valence-electron chi connectivity index (χ4n) is 7.34. The first kappa shape index (κ1) is 29.0. The van der Waals surface area contributed by atoms with E-state index in [0.717, 1.165) is 60.8 Å². The molecule has 264 valence electrons. The Hall–Kier alpha value is -7.43. The van der Waals surface area contributed by atoms with Crippen LogP contribution in [0, 0.1) is 6.92 Å². The fraction of sp³-hybridized carbons (Fsp3) is 0.0192. The molecule has 0 saturated heterocycles. The highest BCUT2D eigenvalue weighted by atomic mass is 16.3. The summed E-state index contributed by atoms with van der Waals surface area (Å²) in [6.07, 6.45) is 0. The average molecular weight is 722 g/mol. The third-order valence-corrected chi connectivity index (χ3v) is 10.1. The van der Waals surface area contributed by atoms with Crippen LogP contribution in [-0.4, -0.2) is 15.0 Å². The van der Waals surface area contributed by atoms with E-state index in [1.165, 1.54) is 0 Å². The van der Waals surface area contributed by atoms with Gasteiger partial charge in [-0.2, -0.15) is 0 Å². The molecular weight excluding hydrogens is 683 g/mol. The van der Waals surface area contributed by atoms with Crippen molar-refractivity contribution in [3.8, 4) is 78.7 Å². The Morgan fingerprint density at radius 2 is 0.929 bits per heavy atom. The zero-order valence-corrected chi connectivity index (χ0v) is 30.4. The predicted molar refractivity (Wildman–Crippen MR) is 230 cm³/mol. The van der Waals surface area contributed by atoms with Gasteiger partial charge in [-0.25, -0.2) is 15.0 Å². The molecule has 0 amide bonds. The van der Waals surface area contributed by atoms with E-state index in [2.05, 4.69) is 42.5 Å². The van der Waals surface area contributed by atoms with E-state index < -0.39 is 0 Å². The molecule has 8 aromatic carbocycles. The van der Waals surface area contributed by atoms with Crippen LogP contribution in [0.25, 0.3) is 101 Å². The highest BCUT2D eigenvalue weighted by Crippen LogP contribution is 2.43. The normalized spacial score (nSPS) is 12.3. The Balaban J connectivity index is 1.15. The van der Waals surface area contributed by atoms with Gasteiger partial charge in [0, 0.05) is 33.0 Å². The molecule has 0 aliphatic heterocycles. The number of para-hydroxylation sites is 1. The maximum Gasteiger partial charge on any atom is 0.164 e. The van der Waals surface area contributed by atoms with Gasteiger partial charge < -0.3 is 4.42 Å². The Morgan fingerprint density at radius 3 is 1.62 bits per heavy atom. The number of nitrogens with zero attached hydrogens (tertiary/aromatic N) is 3. The van der Waals surface area contributed by atoms with Crippen LogP contribution in [0.15, 0.2) is 198 Å². The smallest absolute Gasteiger partial charge is 0.164 e. The van der Waals surface area contributed by atoms with E-state index in [1.807, 2.05) is 127 Å². The number of benzene rings is 8. The third kappa shape index (κ3) is 6.13. The number of hydrogen-bond donors (Lipinski definition) is 0. The Kier molecular flexibility index (Phi) is 7.29. The van der Waals surface area contributed by atoms with Crippen molar-refractivity contribution in [1.29, 1.82) is 0 Å². The Bertz CT molecular complexity index is 3210. The molecular formula is C52H35N3O. The van der Waals surface area contributed by atoms with Gasteiger partial charge in [0.1, 0.15) is 11.2 Å². The summed E-state index contributed by atoms with van der Waals surface area (Å²) in [6, 6.07) is 56.2. The number of hydrogen-bond acceptors (Lipinski definition) is 4. The van der Waals surface area contributed by atoms with Crippen molar-refractivity contribution >= 4 is 21.9 Å². The van der Waals surface area contributed by atoms with E-state index in [0.29, 0.717) is 39.8 Å². The van der Waals surface area contributed by atoms with E-state index in [-0.39, 0.29) is 29.7 Å². The minimum Gasteiger partial charge on any atom is -0.455 e.